The normalized spacial score (nSPS) is 11.3. The predicted octanol–water partition coefficient (Wildman–Crippen LogP) is 3.99. The number of fused-ring (bicyclic) bond motifs is 1. The Hall–Kier alpha value is -2.28. The van der Waals surface area contributed by atoms with Crippen LogP contribution in [0, 0.1) is 6.57 Å². The monoisotopic (exact) mass is 270 g/mol. The molecule has 0 unspecified atom stereocenters. The van der Waals surface area contributed by atoms with Crippen LogP contribution in [0.25, 0.3) is 15.7 Å². The van der Waals surface area contributed by atoms with E-state index in [2.05, 4.69) is 9.83 Å². The molecule has 20 heavy (non-hydrogen) atoms. The summed E-state index contributed by atoms with van der Waals surface area (Å²) in [7, 11) is 0. The van der Waals surface area contributed by atoms with Gasteiger partial charge in [0.25, 0.3) is 0 Å². The fourth-order valence-electron chi connectivity index (χ4n) is 2.08. The van der Waals surface area contributed by atoms with Crippen LogP contribution in [-0.2, 0) is 16.0 Å². The SMILES string of the molecule is [C-]#[N+]c1ccc2c(CCC(=O)OC(C)(C)C)c[nH]c2c1. The lowest BCUT2D eigenvalue weighted by molar-refractivity contribution is -0.154. The second-order valence-corrected chi connectivity index (χ2v) is 5.74. The Labute approximate surface area is 118 Å². The number of ether oxygens (including phenoxy) is 1. The number of hydrogen-bond donors (Lipinski definition) is 1. The van der Waals surface area contributed by atoms with Gasteiger partial charge in [0.1, 0.15) is 5.60 Å². The molecule has 0 fully saturated rings. The van der Waals surface area contributed by atoms with Gasteiger partial charge in [0.15, 0.2) is 5.69 Å². The van der Waals surface area contributed by atoms with Crippen molar-refractivity contribution < 1.29 is 9.53 Å². The van der Waals surface area contributed by atoms with Crippen molar-refractivity contribution in [2.45, 2.75) is 39.2 Å². The van der Waals surface area contributed by atoms with E-state index in [1.54, 1.807) is 6.07 Å². The molecule has 0 aliphatic carbocycles. The summed E-state index contributed by atoms with van der Waals surface area (Å²) in [5.41, 5.74) is 2.17. The summed E-state index contributed by atoms with van der Waals surface area (Å²) in [5.74, 6) is -0.190. The molecule has 1 N–H and O–H groups in total. The molecule has 0 radical (unpaired) electrons. The van der Waals surface area contributed by atoms with Gasteiger partial charge in [-0.1, -0.05) is 12.1 Å². The number of aryl methyl sites for hydroxylation is 1. The number of esters is 1. The molecule has 0 amide bonds. The van der Waals surface area contributed by atoms with Gasteiger partial charge in [0.2, 0.25) is 0 Å². The van der Waals surface area contributed by atoms with E-state index in [0.29, 0.717) is 18.5 Å². The van der Waals surface area contributed by atoms with Crippen LogP contribution in [0.3, 0.4) is 0 Å². The molecule has 0 bridgehead atoms. The third-order valence-corrected chi connectivity index (χ3v) is 2.90. The zero-order valence-corrected chi connectivity index (χ0v) is 12.0. The molecule has 0 saturated carbocycles. The highest BCUT2D eigenvalue weighted by atomic mass is 16.6. The van der Waals surface area contributed by atoms with Gasteiger partial charge in [0.05, 0.1) is 6.57 Å². The van der Waals surface area contributed by atoms with Crippen LogP contribution in [-0.4, -0.2) is 16.6 Å². The molecular weight excluding hydrogens is 252 g/mol. The van der Waals surface area contributed by atoms with Gasteiger partial charge in [-0.3, -0.25) is 4.79 Å². The third-order valence-electron chi connectivity index (χ3n) is 2.90. The molecule has 0 saturated heterocycles. The first-order valence-corrected chi connectivity index (χ1v) is 6.58. The van der Waals surface area contributed by atoms with Crippen molar-refractivity contribution in [1.82, 2.24) is 4.98 Å². The fourth-order valence-corrected chi connectivity index (χ4v) is 2.08. The molecule has 4 heteroatoms. The number of nitrogens with one attached hydrogen (secondary N) is 1. The van der Waals surface area contributed by atoms with Gasteiger partial charge in [-0.05, 0) is 38.8 Å². The Bertz CT molecular complexity index is 672. The fraction of sp³-hybridized carbons (Fsp3) is 0.375. The number of rotatable bonds is 3. The minimum Gasteiger partial charge on any atom is -0.460 e. The van der Waals surface area contributed by atoms with Crippen LogP contribution >= 0.6 is 0 Å². The molecule has 1 aromatic heterocycles. The van der Waals surface area contributed by atoms with Crippen molar-refractivity contribution in [3.8, 4) is 0 Å². The first kappa shape index (κ1) is 14.1. The molecule has 4 nitrogen and oxygen atoms in total. The number of carbonyl (C=O) groups excluding carboxylic acids is 1. The Balaban J connectivity index is 2.08. The smallest absolute Gasteiger partial charge is 0.306 e. The quantitative estimate of drug-likeness (QED) is 0.677. The summed E-state index contributed by atoms with van der Waals surface area (Å²) < 4.78 is 5.30. The largest absolute Gasteiger partial charge is 0.460 e. The van der Waals surface area contributed by atoms with Gasteiger partial charge >= 0.3 is 5.97 Å². The summed E-state index contributed by atoms with van der Waals surface area (Å²) in [6.07, 6.45) is 2.88. The highest BCUT2D eigenvalue weighted by Crippen LogP contribution is 2.24. The Morgan fingerprint density at radius 3 is 2.80 bits per heavy atom. The zero-order chi connectivity index (χ0) is 14.8. The standard InChI is InChI=1S/C16H18N2O2/c1-16(2,3)20-15(19)8-5-11-10-18-14-9-12(17-4)6-7-13(11)14/h6-7,9-10,18H,5,8H2,1-3H3. The third kappa shape index (κ3) is 3.39. The summed E-state index contributed by atoms with van der Waals surface area (Å²) in [6.45, 7) is 12.6. The van der Waals surface area contributed by atoms with Gasteiger partial charge in [0, 0.05) is 23.5 Å². The van der Waals surface area contributed by atoms with Crippen LogP contribution in [0.15, 0.2) is 24.4 Å². The Morgan fingerprint density at radius 1 is 1.40 bits per heavy atom. The van der Waals surface area contributed by atoms with E-state index in [1.807, 2.05) is 39.1 Å². The van der Waals surface area contributed by atoms with Crippen molar-refractivity contribution in [2.24, 2.45) is 0 Å². The number of aromatic amines is 1. The number of carbonyl (C=O) groups is 1. The molecule has 0 atom stereocenters. The first-order valence-electron chi connectivity index (χ1n) is 6.58. The molecule has 2 rings (SSSR count). The number of hydrogen-bond acceptors (Lipinski definition) is 2. The second-order valence-electron chi connectivity index (χ2n) is 5.74. The summed E-state index contributed by atoms with van der Waals surface area (Å²) in [6, 6.07) is 5.53. The first-order chi connectivity index (χ1) is 9.39. The molecule has 104 valence electrons. The maximum Gasteiger partial charge on any atom is 0.306 e. The van der Waals surface area contributed by atoms with Gasteiger partial charge in [-0.2, -0.15) is 0 Å². The van der Waals surface area contributed by atoms with E-state index in [-0.39, 0.29) is 5.97 Å². The summed E-state index contributed by atoms with van der Waals surface area (Å²) in [4.78, 5) is 18.3. The molecule has 1 aromatic carbocycles. The van der Waals surface area contributed by atoms with E-state index in [1.165, 1.54) is 0 Å². The van der Waals surface area contributed by atoms with Crippen LogP contribution in [0.5, 0.6) is 0 Å². The number of H-pyrrole nitrogens is 1. The lowest BCUT2D eigenvalue weighted by atomic mass is 10.1. The van der Waals surface area contributed by atoms with Crippen molar-refractivity contribution >= 4 is 22.6 Å². The van der Waals surface area contributed by atoms with Crippen molar-refractivity contribution in [3.05, 3.63) is 41.4 Å². The van der Waals surface area contributed by atoms with Crippen LogP contribution < -0.4 is 0 Å². The molecule has 0 aliphatic heterocycles. The van der Waals surface area contributed by atoms with Crippen molar-refractivity contribution in [2.75, 3.05) is 0 Å². The lowest BCUT2D eigenvalue weighted by Crippen LogP contribution is -2.23. The minimum atomic E-state index is -0.443. The van der Waals surface area contributed by atoms with E-state index >= 15 is 0 Å². The average Bonchev–Trinajstić information content (AvgIpc) is 2.76. The van der Waals surface area contributed by atoms with Crippen molar-refractivity contribution in [1.29, 1.82) is 0 Å². The molecular formula is C16H18N2O2. The number of nitrogens with zero attached hydrogens (tertiary/aromatic N) is 1. The Kier molecular flexibility index (Phi) is 3.80. The predicted molar refractivity (Wildman–Crippen MR) is 78.7 cm³/mol. The van der Waals surface area contributed by atoms with Gasteiger partial charge in [-0.15, -0.1) is 0 Å². The topological polar surface area (TPSA) is 46.5 Å². The van der Waals surface area contributed by atoms with E-state index in [4.69, 9.17) is 11.3 Å². The van der Waals surface area contributed by atoms with Crippen LogP contribution in [0.2, 0.25) is 0 Å². The maximum absolute atomic E-state index is 11.7. The molecule has 2 aromatic rings. The highest BCUT2D eigenvalue weighted by Gasteiger charge is 2.16. The summed E-state index contributed by atoms with van der Waals surface area (Å²) in [5, 5.41) is 1.06. The van der Waals surface area contributed by atoms with Gasteiger partial charge in [-0.25, -0.2) is 4.85 Å². The zero-order valence-electron chi connectivity index (χ0n) is 12.0. The number of aromatic nitrogens is 1. The van der Waals surface area contributed by atoms with Crippen LogP contribution in [0.4, 0.5) is 5.69 Å². The molecule has 1 heterocycles. The minimum absolute atomic E-state index is 0.190. The van der Waals surface area contributed by atoms with E-state index < -0.39 is 5.60 Å². The van der Waals surface area contributed by atoms with E-state index in [9.17, 15) is 4.79 Å². The van der Waals surface area contributed by atoms with Crippen LogP contribution in [0.1, 0.15) is 32.8 Å². The van der Waals surface area contributed by atoms with Gasteiger partial charge < -0.3 is 9.72 Å². The second kappa shape index (κ2) is 5.38. The highest BCUT2D eigenvalue weighted by molar-refractivity contribution is 5.86. The maximum atomic E-state index is 11.7. The molecule has 0 spiro atoms. The van der Waals surface area contributed by atoms with Crippen molar-refractivity contribution in [3.63, 3.8) is 0 Å². The lowest BCUT2D eigenvalue weighted by Gasteiger charge is -2.19. The number of benzene rings is 1. The molecule has 0 aliphatic rings. The van der Waals surface area contributed by atoms with E-state index in [0.717, 1.165) is 16.5 Å². The summed E-state index contributed by atoms with van der Waals surface area (Å²) >= 11 is 0. The average molecular weight is 270 g/mol. The Morgan fingerprint density at radius 2 is 2.15 bits per heavy atom.